The first-order valence-corrected chi connectivity index (χ1v) is 5.72. The van der Waals surface area contributed by atoms with Gasteiger partial charge in [0.2, 0.25) is 5.91 Å². The van der Waals surface area contributed by atoms with Gasteiger partial charge in [0.1, 0.15) is 0 Å². The molecule has 1 amide bonds. The number of hydrogen-bond donors (Lipinski definition) is 2. The van der Waals surface area contributed by atoms with Gasteiger partial charge < -0.3 is 10.4 Å². The lowest BCUT2D eigenvalue weighted by molar-refractivity contribution is -0.131. The van der Waals surface area contributed by atoms with Crippen molar-refractivity contribution in [2.45, 2.75) is 20.8 Å². The fourth-order valence-corrected chi connectivity index (χ4v) is 1.38. The van der Waals surface area contributed by atoms with Crippen molar-refractivity contribution < 1.29 is 14.7 Å². The van der Waals surface area contributed by atoms with Gasteiger partial charge in [-0.2, -0.15) is 0 Å². The Balaban J connectivity index is 2.86. The summed E-state index contributed by atoms with van der Waals surface area (Å²) >= 11 is 0. The SMILES string of the molecule is Cc1cc(/C=C/C(=O)O)ccc1NC(=O)C(C)C. The number of aliphatic carboxylic acids is 1. The Morgan fingerprint density at radius 1 is 1.33 bits per heavy atom. The van der Waals surface area contributed by atoms with E-state index in [9.17, 15) is 9.59 Å². The van der Waals surface area contributed by atoms with Gasteiger partial charge in [-0.05, 0) is 36.3 Å². The summed E-state index contributed by atoms with van der Waals surface area (Å²) in [4.78, 5) is 22.0. The van der Waals surface area contributed by atoms with Crippen molar-refractivity contribution >= 4 is 23.6 Å². The third kappa shape index (κ3) is 4.05. The average molecular weight is 247 g/mol. The lowest BCUT2D eigenvalue weighted by Crippen LogP contribution is -2.18. The van der Waals surface area contributed by atoms with E-state index in [4.69, 9.17) is 5.11 Å². The second-order valence-electron chi connectivity index (χ2n) is 4.39. The molecule has 0 saturated carbocycles. The minimum absolute atomic E-state index is 0.0353. The van der Waals surface area contributed by atoms with Gasteiger partial charge in [0.25, 0.3) is 0 Å². The first kappa shape index (κ1) is 14.0. The minimum Gasteiger partial charge on any atom is -0.478 e. The molecule has 0 heterocycles. The van der Waals surface area contributed by atoms with Crippen LogP contribution >= 0.6 is 0 Å². The summed E-state index contributed by atoms with van der Waals surface area (Å²) in [5.41, 5.74) is 2.44. The summed E-state index contributed by atoms with van der Waals surface area (Å²) in [6.45, 7) is 5.53. The van der Waals surface area contributed by atoms with E-state index < -0.39 is 5.97 Å². The first-order valence-electron chi connectivity index (χ1n) is 5.72. The molecule has 0 unspecified atom stereocenters. The predicted octanol–water partition coefficient (Wildman–Crippen LogP) is 2.69. The molecule has 18 heavy (non-hydrogen) atoms. The molecule has 0 fully saturated rings. The van der Waals surface area contributed by atoms with Crippen molar-refractivity contribution in [2.24, 2.45) is 5.92 Å². The smallest absolute Gasteiger partial charge is 0.328 e. The fourth-order valence-electron chi connectivity index (χ4n) is 1.38. The molecule has 0 atom stereocenters. The van der Waals surface area contributed by atoms with Crippen molar-refractivity contribution in [1.29, 1.82) is 0 Å². The summed E-state index contributed by atoms with van der Waals surface area (Å²) < 4.78 is 0. The van der Waals surface area contributed by atoms with Gasteiger partial charge in [-0.3, -0.25) is 4.79 Å². The number of rotatable bonds is 4. The lowest BCUT2D eigenvalue weighted by atomic mass is 10.1. The third-order valence-electron chi connectivity index (χ3n) is 2.45. The standard InChI is InChI=1S/C14H17NO3/c1-9(2)14(18)15-12-6-4-11(8-10(12)3)5-7-13(16)17/h4-9H,1-3H3,(H,15,18)(H,16,17)/b7-5+. The second kappa shape index (κ2) is 6.00. The first-order chi connectivity index (χ1) is 8.40. The van der Waals surface area contributed by atoms with Gasteiger partial charge in [-0.25, -0.2) is 4.79 Å². The highest BCUT2D eigenvalue weighted by Crippen LogP contribution is 2.18. The van der Waals surface area contributed by atoms with E-state index >= 15 is 0 Å². The van der Waals surface area contributed by atoms with Crippen molar-refractivity contribution in [3.05, 3.63) is 35.4 Å². The number of anilines is 1. The summed E-state index contributed by atoms with van der Waals surface area (Å²) in [7, 11) is 0. The molecule has 96 valence electrons. The van der Waals surface area contributed by atoms with E-state index in [1.54, 1.807) is 12.1 Å². The number of aryl methyl sites for hydroxylation is 1. The van der Waals surface area contributed by atoms with E-state index in [1.165, 1.54) is 6.08 Å². The Labute approximate surface area is 106 Å². The van der Waals surface area contributed by atoms with E-state index in [0.717, 1.165) is 22.9 Å². The number of benzene rings is 1. The molecule has 1 aromatic carbocycles. The number of hydrogen-bond acceptors (Lipinski definition) is 2. The highest BCUT2D eigenvalue weighted by molar-refractivity contribution is 5.93. The summed E-state index contributed by atoms with van der Waals surface area (Å²) in [5, 5.41) is 11.4. The average Bonchev–Trinajstić information content (AvgIpc) is 2.29. The molecular formula is C14H17NO3. The quantitative estimate of drug-likeness (QED) is 0.804. The van der Waals surface area contributed by atoms with Crippen LogP contribution in [0.4, 0.5) is 5.69 Å². The maximum atomic E-state index is 11.6. The number of amides is 1. The van der Waals surface area contributed by atoms with Crippen LogP contribution in [-0.4, -0.2) is 17.0 Å². The minimum atomic E-state index is -0.982. The summed E-state index contributed by atoms with van der Waals surface area (Å²) in [6, 6.07) is 5.37. The molecule has 4 heteroatoms. The zero-order valence-corrected chi connectivity index (χ0v) is 10.7. The van der Waals surface area contributed by atoms with Crippen LogP contribution < -0.4 is 5.32 Å². The third-order valence-corrected chi connectivity index (χ3v) is 2.45. The molecule has 1 aromatic rings. The molecule has 0 radical (unpaired) electrons. The van der Waals surface area contributed by atoms with Crippen molar-refractivity contribution in [3.8, 4) is 0 Å². The topological polar surface area (TPSA) is 66.4 Å². The summed E-state index contributed by atoms with van der Waals surface area (Å²) in [5.74, 6) is -1.09. The molecule has 1 rings (SSSR count). The molecule has 0 aromatic heterocycles. The lowest BCUT2D eigenvalue weighted by Gasteiger charge is -2.10. The normalized spacial score (nSPS) is 10.9. The molecule has 0 saturated heterocycles. The van der Waals surface area contributed by atoms with E-state index in [1.807, 2.05) is 26.8 Å². The Kier molecular flexibility index (Phi) is 4.66. The van der Waals surface area contributed by atoms with Crippen LogP contribution in [0.1, 0.15) is 25.0 Å². The highest BCUT2D eigenvalue weighted by Gasteiger charge is 2.08. The molecule has 0 aliphatic carbocycles. The van der Waals surface area contributed by atoms with Crippen molar-refractivity contribution in [3.63, 3.8) is 0 Å². The molecule has 4 nitrogen and oxygen atoms in total. The Hall–Kier alpha value is -2.10. The largest absolute Gasteiger partial charge is 0.478 e. The molecular weight excluding hydrogens is 230 g/mol. The van der Waals surface area contributed by atoms with Crippen LogP contribution in [0.25, 0.3) is 6.08 Å². The molecule has 0 bridgehead atoms. The number of carbonyl (C=O) groups excluding carboxylic acids is 1. The van der Waals surface area contributed by atoms with Crippen LogP contribution in [0.5, 0.6) is 0 Å². The van der Waals surface area contributed by atoms with Crippen LogP contribution in [0.3, 0.4) is 0 Å². The van der Waals surface area contributed by atoms with Crippen molar-refractivity contribution in [2.75, 3.05) is 5.32 Å². The van der Waals surface area contributed by atoms with Gasteiger partial charge in [0.05, 0.1) is 0 Å². The van der Waals surface area contributed by atoms with Crippen LogP contribution in [0, 0.1) is 12.8 Å². The zero-order valence-electron chi connectivity index (χ0n) is 10.7. The van der Waals surface area contributed by atoms with Crippen LogP contribution in [-0.2, 0) is 9.59 Å². The van der Waals surface area contributed by atoms with Crippen LogP contribution in [0.2, 0.25) is 0 Å². The zero-order chi connectivity index (χ0) is 13.7. The predicted molar refractivity (Wildman–Crippen MR) is 71.3 cm³/mol. The monoisotopic (exact) mass is 247 g/mol. The number of nitrogens with one attached hydrogen (secondary N) is 1. The number of carboxylic acids is 1. The van der Waals surface area contributed by atoms with E-state index in [0.29, 0.717) is 0 Å². The second-order valence-corrected chi connectivity index (χ2v) is 4.39. The molecule has 2 N–H and O–H groups in total. The van der Waals surface area contributed by atoms with Gasteiger partial charge in [0.15, 0.2) is 0 Å². The van der Waals surface area contributed by atoms with Crippen LogP contribution in [0.15, 0.2) is 24.3 Å². The van der Waals surface area contributed by atoms with Gasteiger partial charge in [0, 0.05) is 17.7 Å². The molecule has 0 spiro atoms. The Morgan fingerprint density at radius 3 is 2.50 bits per heavy atom. The number of carboxylic acid groups (broad SMARTS) is 1. The Morgan fingerprint density at radius 2 is 2.00 bits per heavy atom. The fraction of sp³-hybridized carbons (Fsp3) is 0.286. The molecule has 0 aliphatic rings. The maximum absolute atomic E-state index is 11.6. The maximum Gasteiger partial charge on any atom is 0.328 e. The van der Waals surface area contributed by atoms with Gasteiger partial charge >= 0.3 is 5.97 Å². The van der Waals surface area contributed by atoms with E-state index in [-0.39, 0.29) is 11.8 Å². The number of carbonyl (C=O) groups is 2. The van der Waals surface area contributed by atoms with E-state index in [2.05, 4.69) is 5.32 Å². The molecule has 0 aliphatic heterocycles. The summed E-state index contributed by atoms with van der Waals surface area (Å²) in [6.07, 6.45) is 2.60. The van der Waals surface area contributed by atoms with Gasteiger partial charge in [-0.15, -0.1) is 0 Å². The van der Waals surface area contributed by atoms with Crippen molar-refractivity contribution in [1.82, 2.24) is 0 Å². The van der Waals surface area contributed by atoms with Gasteiger partial charge in [-0.1, -0.05) is 19.9 Å². The Bertz CT molecular complexity index is 490. The highest BCUT2D eigenvalue weighted by atomic mass is 16.4.